The molecule has 8 heteroatoms. The fourth-order valence-corrected chi connectivity index (χ4v) is 5.96. The van der Waals surface area contributed by atoms with Gasteiger partial charge in [0.05, 0.1) is 5.39 Å². The first kappa shape index (κ1) is 34.9. The molecule has 5 rings (SSSR count). The Bertz CT molecular complexity index is 1610. The average molecular weight is 644 g/mol. The molecule has 2 amide bonds. The van der Waals surface area contributed by atoms with E-state index in [2.05, 4.69) is 41.4 Å². The molecular weight excluding hydrogens is 598 g/mol. The van der Waals surface area contributed by atoms with Gasteiger partial charge in [0, 0.05) is 37.1 Å². The Balaban J connectivity index is 0.000000523. The van der Waals surface area contributed by atoms with Crippen LogP contribution in [0.5, 0.6) is 0 Å². The molecule has 3 aromatic carbocycles. The third-order valence-corrected chi connectivity index (χ3v) is 8.70. The van der Waals surface area contributed by atoms with Crippen LogP contribution in [0.2, 0.25) is 5.02 Å². The Kier molecular flexibility index (Phi) is 13.4. The van der Waals surface area contributed by atoms with Crippen molar-refractivity contribution < 1.29 is 14.0 Å². The molecule has 1 aliphatic rings. The number of fused-ring (bicyclic) bond motifs is 1. The second-order valence-electron chi connectivity index (χ2n) is 11.8. The molecule has 0 atom stereocenters. The van der Waals surface area contributed by atoms with Gasteiger partial charge in [0.2, 0.25) is 5.91 Å². The van der Waals surface area contributed by atoms with E-state index in [0.29, 0.717) is 36.4 Å². The largest absolute Gasteiger partial charge is 0.451 e. The van der Waals surface area contributed by atoms with Crippen LogP contribution in [0.15, 0.2) is 88.1 Å². The van der Waals surface area contributed by atoms with Crippen molar-refractivity contribution in [3.63, 3.8) is 0 Å². The Hall–Kier alpha value is -3.94. The van der Waals surface area contributed by atoms with Crippen LogP contribution in [-0.4, -0.2) is 54.3 Å². The number of carbonyl (C=O) groups is 2. The van der Waals surface area contributed by atoms with Gasteiger partial charge < -0.3 is 19.5 Å². The topological polar surface area (TPSA) is 82.9 Å². The van der Waals surface area contributed by atoms with Gasteiger partial charge in [-0.15, -0.1) is 0 Å². The van der Waals surface area contributed by atoms with Gasteiger partial charge in [0.1, 0.15) is 5.58 Å². The lowest BCUT2D eigenvalue weighted by atomic mass is 9.86. The van der Waals surface area contributed by atoms with Gasteiger partial charge in [-0.3, -0.25) is 14.4 Å². The summed E-state index contributed by atoms with van der Waals surface area (Å²) in [5, 5.41) is 4.16. The zero-order valence-electron chi connectivity index (χ0n) is 27.3. The molecule has 0 radical (unpaired) electrons. The monoisotopic (exact) mass is 643 g/mol. The minimum absolute atomic E-state index is 0.0474. The molecule has 0 unspecified atom stereocenters. The first-order valence-corrected chi connectivity index (χ1v) is 16.8. The lowest BCUT2D eigenvalue weighted by Crippen LogP contribution is -2.36. The average Bonchev–Trinajstić information content (AvgIpc) is 3.07. The molecule has 1 aromatic heterocycles. The van der Waals surface area contributed by atoms with Crippen LogP contribution < -0.4 is 10.7 Å². The number of nitrogens with zero attached hydrogens (tertiary/aromatic N) is 2. The van der Waals surface area contributed by atoms with Gasteiger partial charge >= 0.3 is 0 Å². The second-order valence-corrected chi connectivity index (χ2v) is 12.3. The zero-order chi connectivity index (χ0) is 32.9. The van der Waals surface area contributed by atoms with Crippen molar-refractivity contribution in [1.29, 1.82) is 0 Å². The molecule has 46 heavy (non-hydrogen) atoms. The van der Waals surface area contributed by atoms with Gasteiger partial charge in [0.25, 0.3) is 5.91 Å². The van der Waals surface area contributed by atoms with Crippen LogP contribution in [0.25, 0.3) is 11.0 Å². The number of carbonyl (C=O) groups excluding carboxylic acids is 2. The molecule has 2 heterocycles. The van der Waals surface area contributed by atoms with Crippen molar-refractivity contribution in [3.8, 4) is 0 Å². The number of hydrogen-bond acceptors (Lipinski definition) is 5. The van der Waals surface area contributed by atoms with Crippen molar-refractivity contribution in [2.75, 3.05) is 32.7 Å². The predicted molar refractivity (Wildman–Crippen MR) is 186 cm³/mol. The maximum atomic E-state index is 12.5. The third-order valence-electron chi connectivity index (χ3n) is 8.45. The maximum absolute atomic E-state index is 12.5. The second kappa shape index (κ2) is 17.7. The number of rotatable bonds is 11. The Labute approximate surface area is 277 Å². The third kappa shape index (κ3) is 10.0. The molecule has 244 valence electrons. The number of aryl methyl sites for hydroxylation is 1. The number of hydrogen-bond donors (Lipinski definition) is 1. The molecule has 1 aliphatic heterocycles. The van der Waals surface area contributed by atoms with Crippen molar-refractivity contribution >= 4 is 34.4 Å². The van der Waals surface area contributed by atoms with E-state index in [1.54, 1.807) is 24.3 Å². The van der Waals surface area contributed by atoms with Crippen molar-refractivity contribution in [3.05, 3.63) is 117 Å². The maximum Gasteiger partial charge on any atom is 0.287 e. The van der Waals surface area contributed by atoms with Crippen LogP contribution in [0.4, 0.5) is 0 Å². The Morgan fingerprint density at radius 3 is 2.37 bits per heavy atom. The van der Waals surface area contributed by atoms with Crippen LogP contribution in [0, 0.1) is 6.92 Å². The minimum Gasteiger partial charge on any atom is -0.451 e. The SMILES string of the molecule is CCCC(=O)N(CC)Cc1ccccc1C1CCN(CCCNC(=O)c2cc(=O)c3ccccc3o2)CC1.Cc1ccc(Cl)cc1. The van der Waals surface area contributed by atoms with Crippen molar-refractivity contribution in [2.24, 2.45) is 0 Å². The van der Waals surface area contributed by atoms with Gasteiger partial charge in [-0.2, -0.15) is 0 Å². The van der Waals surface area contributed by atoms with E-state index in [1.165, 1.54) is 22.8 Å². The molecule has 0 aliphatic carbocycles. The van der Waals surface area contributed by atoms with Crippen LogP contribution >= 0.6 is 11.6 Å². The number of piperidine rings is 1. The Morgan fingerprint density at radius 2 is 1.67 bits per heavy atom. The van der Waals surface area contributed by atoms with E-state index < -0.39 is 0 Å². The summed E-state index contributed by atoms with van der Waals surface area (Å²) in [6, 6.07) is 24.5. The summed E-state index contributed by atoms with van der Waals surface area (Å²) in [7, 11) is 0. The highest BCUT2D eigenvalue weighted by molar-refractivity contribution is 6.30. The molecule has 0 spiro atoms. The summed E-state index contributed by atoms with van der Waals surface area (Å²) in [5.74, 6) is 0.417. The number of likely N-dealkylation sites (tertiary alicyclic amines) is 1. The molecule has 4 aromatic rings. The lowest BCUT2D eigenvalue weighted by Gasteiger charge is -2.33. The summed E-state index contributed by atoms with van der Waals surface area (Å²) < 4.78 is 5.63. The molecule has 1 fully saturated rings. The number of benzene rings is 3. The van der Waals surface area contributed by atoms with Gasteiger partial charge in [-0.1, -0.05) is 72.6 Å². The van der Waals surface area contributed by atoms with Gasteiger partial charge in [-0.25, -0.2) is 0 Å². The smallest absolute Gasteiger partial charge is 0.287 e. The molecule has 0 saturated carbocycles. The van der Waals surface area contributed by atoms with Gasteiger partial charge in [0.15, 0.2) is 11.2 Å². The van der Waals surface area contributed by atoms with Crippen molar-refractivity contribution in [2.45, 2.75) is 65.3 Å². The van der Waals surface area contributed by atoms with Crippen LogP contribution in [0.1, 0.15) is 79.1 Å². The van der Waals surface area contributed by atoms with Gasteiger partial charge in [-0.05, 0) is 100 Å². The normalized spacial score (nSPS) is 13.6. The first-order chi connectivity index (χ1) is 22.3. The number of nitrogens with one attached hydrogen (secondary N) is 1. The summed E-state index contributed by atoms with van der Waals surface area (Å²) in [5.41, 5.74) is 4.09. The van der Waals surface area contributed by atoms with E-state index in [1.807, 2.05) is 43.0 Å². The summed E-state index contributed by atoms with van der Waals surface area (Å²) >= 11 is 5.61. The minimum atomic E-state index is -0.360. The highest BCUT2D eigenvalue weighted by Gasteiger charge is 2.23. The molecule has 0 bridgehead atoms. The molecule has 1 saturated heterocycles. The van der Waals surface area contributed by atoms with E-state index >= 15 is 0 Å². The number of halogens is 1. The van der Waals surface area contributed by atoms with E-state index in [-0.39, 0.29) is 23.0 Å². The number of amides is 2. The summed E-state index contributed by atoms with van der Waals surface area (Å²) in [4.78, 5) is 41.7. The highest BCUT2D eigenvalue weighted by Crippen LogP contribution is 2.31. The molecular formula is C38H46ClN3O4. The molecule has 7 nitrogen and oxygen atoms in total. The molecule has 1 N–H and O–H groups in total. The first-order valence-electron chi connectivity index (χ1n) is 16.4. The zero-order valence-corrected chi connectivity index (χ0v) is 28.0. The standard InChI is InChI=1S/C31H39N3O4.C7H7Cl/c1-3-10-30(36)34(4-2)22-24-11-5-6-12-25(24)23-15-19-33(20-16-23)18-9-17-32-31(37)29-21-27(35)26-13-7-8-14-28(26)38-29;1-6-2-4-7(8)5-3-6/h5-8,11-14,21,23H,3-4,9-10,15-20,22H2,1-2H3,(H,32,37);2-5H,1H3. The summed E-state index contributed by atoms with van der Waals surface area (Å²) in [6.45, 7) is 11.0. The summed E-state index contributed by atoms with van der Waals surface area (Å²) in [6.07, 6.45) is 4.47. The highest BCUT2D eigenvalue weighted by atomic mass is 35.5. The van der Waals surface area contributed by atoms with E-state index in [4.69, 9.17) is 16.0 Å². The van der Waals surface area contributed by atoms with Crippen molar-refractivity contribution in [1.82, 2.24) is 15.1 Å². The fraction of sp³-hybridized carbons (Fsp3) is 0.395. The Morgan fingerprint density at radius 1 is 0.978 bits per heavy atom. The predicted octanol–water partition coefficient (Wildman–Crippen LogP) is 7.59. The van der Waals surface area contributed by atoms with Crippen LogP contribution in [0.3, 0.4) is 0 Å². The van der Waals surface area contributed by atoms with E-state index in [9.17, 15) is 14.4 Å². The number of para-hydroxylation sites is 1. The lowest BCUT2D eigenvalue weighted by molar-refractivity contribution is -0.131. The quantitative estimate of drug-likeness (QED) is 0.170. The van der Waals surface area contributed by atoms with Crippen LogP contribution in [-0.2, 0) is 11.3 Å². The fourth-order valence-electron chi connectivity index (χ4n) is 5.84. The van der Waals surface area contributed by atoms with E-state index in [0.717, 1.165) is 56.9 Å².